The molecule has 0 unspecified atom stereocenters. The Hall–Kier alpha value is -7.24. The Labute approximate surface area is 400 Å². The Balaban J connectivity index is 1.21. The van der Waals surface area contributed by atoms with E-state index in [1.54, 1.807) is 0 Å². The lowest BCUT2D eigenvalue weighted by molar-refractivity contribution is 0.588. The molecule has 2 aliphatic heterocycles. The van der Waals surface area contributed by atoms with Crippen LogP contribution in [0.5, 0.6) is 0 Å². The summed E-state index contributed by atoms with van der Waals surface area (Å²) < 4.78 is 9.74. The second kappa shape index (κ2) is 13.9. The van der Waals surface area contributed by atoms with E-state index in [1.165, 1.54) is 83.3 Å². The van der Waals surface area contributed by atoms with E-state index >= 15 is 0 Å². The second-order valence-electron chi connectivity index (χ2n) is 22.3. The fourth-order valence-electron chi connectivity index (χ4n) is 12.2. The third kappa shape index (κ3) is 5.56. The van der Waals surface area contributed by atoms with E-state index in [-0.39, 0.29) is 23.0 Å². The van der Waals surface area contributed by atoms with Gasteiger partial charge in [0.1, 0.15) is 5.58 Å². The van der Waals surface area contributed by atoms with Gasteiger partial charge in [-0.15, -0.1) is 0 Å². The molecule has 332 valence electrons. The molecule has 10 aromatic rings. The van der Waals surface area contributed by atoms with Gasteiger partial charge in [-0.1, -0.05) is 159 Å². The van der Waals surface area contributed by atoms with Crippen LogP contribution in [0.2, 0.25) is 0 Å². The largest absolute Gasteiger partial charge is 0.454 e. The van der Waals surface area contributed by atoms with E-state index in [0.29, 0.717) is 0 Å². The molecule has 0 saturated carbocycles. The maximum atomic E-state index is 7.02. The number of fused-ring (bicyclic) bond motifs is 12. The first-order valence-corrected chi connectivity index (χ1v) is 24.4. The summed E-state index contributed by atoms with van der Waals surface area (Å²) in [5, 5.41) is 3.59. The van der Waals surface area contributed by atoms with Crippen molar-refractivity contribution in [3.05, 3.63) is 191 Å². The van der Waals surface area contributed by atoms with Gasteiger partial charge >= 0.3 is 0 Å². The van der Waals surface area contributed by atoms with Crippen molar-refractivity contribution in [3.63, 3.8) is 0 Å². The second-order valence-corrected chi connectivity index (χ2v) is 22.3. The zero-order chi connectivity index (χ0) is 46.8. The van der Waals surface area contributed by atoms with Crippen LogP contribution in [-0.4, -0.2) is 11.3 Å². The molecule has 8 aromatic carbocycles. The van der Waals surface area contributed by atoms with Gasteiger partial charge in [-0.05, 0) is 129 Å². The maximum absolute atomic E-state index is 7.02. The van der Waals surface area contributed by atoms with Crippen molar-refractivity contribution in [3.8, 4) is 16.8 Å². The number of anilines is 6. The summed E-state index contributed by atoms with van der Waals surface area (Å²) >= 11 is 0. The number of furan rings is 1. The summed E-state index contributed by atoms with van der Waals surface area (Å²) in [6.07, 6.45) is 0. The van der Waals surface area contributed by atoms with Crippen LogP contribution in [0.3, 0.4) is 0 Å². The van der Waals surface area contributed by atoms with Crippen molar-refractivity contribution in [2.45, 2.75) is 85.5 Å². The normalized spacial score (nSPS) is 14.4. The smallest absolute Gasteiger partial charge is 0.252 e. The molecular formula is C63H56BN3O. The highest BCUT2D eigenvalue weighted by molar-refractivity contribution is 7.00. The number of para-hydroxylation sites is 4. The number of nitrogens with zero attached hydrogens (tertiary/aromatic N) is 3. The van der Waals surface area contributed by atoms with Crippen LogP contribution >= 0.6 is 0 Å². The minimum absolute atomic E-state index is 0.0414. The Kier molecular flexibility index (Phi) is 8.39. The van der Waals surface area contributed by atoms with Gasteiger partial charge in [-0.2, -0.15) is 0 Å². The molecule has 0 N–H and O–H groups in total. The molecule has 0 amide bonds. The standard InChI is InChI=1S/C63H56BN3O/c1-37-20-11-16-26-49(37)65(50-27-17-12-21-38(50)2)41-30-31-47-52(36-41)66(51-28-19-24-43-42-22-14-18-29-55(42)68-59(43)51)53-34-40(62(6,7)8)35-54-57(53)64(47)48-33-39(61(3,4)5)32-45-56-44-23-13-15-25-46(44)63(9,10)60(56)67(54)58(45)48/h11-36H,1-10H3. The van der Waals surface area contributed by atoms with Crippen LogP contribution in [0.4, 0.5) is 34.1 Å². The Morgan fingerprint density at radius 1 is 0.544 bits per heavy atom. The van der Waals surface area contributed by atoms with Crippen molar-refractivity contribution < 1.29 is 4.42 Å². The Morgan fingerprint density at radius 3 is 1.90 bits per heavy atom. The first kappa shape index (κ1) is 41.0. The molecule has 0 atom stereocenters. The summed E-state index contributed by atoms with van der Waals surface area (Å²) in [7, 11) is 0. The highest BCUT2D eigenvalue weighted by atomic mass is 16.3. The van der Waals surface area contributed by atoms with Gasteiger partial charge in [-0.3, -0.25) is 0 Å². The molecule has 0 saturated heterocycles. The lowest BCUT2D eigenvalue weighted by atomic mass is 9.33. The summed E-state index contributed by atoms with van der Waals surface area (Å²) in [6.45, 7) is 23.5. The van der Waals surface area contributed by atoms with Gasteiger partial charge < -0.3 is 18.8 Å². The lowest BCUT2D eigenvalue weighted by Crippen LogP contribution is -2.61. The van der Waals surface area contributed by atoms with Crippen LogP contribution in [0.15, 0.2) is 162 Å². The van der Waals surface area contributed by atoms with E-state index in [0.717, 1.165) is 50.4 Å². The third-order valence-corrected chi connectivity index (χ3v) is 15.7. The number of hydrogen-bond donors (Lipinski definition) is 0. The predicted octanol–water partition coefficient (Wildman–Crippen LogP) is 15.1. The number of aromatic nitrogens is 1. The Bertz CT molecular complexity index is 3750. The molecule has 0 fully saturated rings. The molecule has 2 aromatic heterocycles. The minimum Gasteiger partial charge on any atom is -0.454 e. The number of hydrogen-bond acceptors (Lipinski definition) is 3. The fraction of sp³-hybridized carbons (Fsp3) is 0.206. The van der Waals surface area contributed by atoms with Crippen LogP contribution in [-0.2, 0) is 16.2 Å². The molecule has 5 heteroatoms. The third-order valence-electron chi connectivity index (χ3n) is 15.7. The van der Waals surface area contributed by atoms with E-state index in [2.05, 4.69) is 241 Å². The monoisotopic (exact) mass is 881 g/mol. The average molecular weight is 882 g/mol. The topological polar surface area (TPSA) is 24.6 Å². The molecule has 1 aliphatic carbocycles. The van der Waals surface area contributed by atoms with Crippen LogP contribution in [0, 0.1) is 13.8 Å². The number of rotatable bonds is 4. The first-order chi connectivity index (χ1) is 32.6. The van der Waals surface area contributed by atoms with Crippen molar-refractivity contribution in [2.75, 3.05) is 9.80 Å². The highest BCUT2D eigenvalue weighted by Gasteiger charge is 2.48. The molecule has 68 heavy (non-hydrogen) atoms. The quantitative estimate of drug-likeness (QED) is 0.165. The molecule has 4 nitrogen and oxygen atoms in total. The summed E-state index contributed by atoms with van der Waals surface area (Å²) in [4.78, 5) is 5.04. The van der Waals surface area contributed by atoms with Crippen molar-refractivity contribution >= 4 is 90.1 Å². The molecule has 13 rings (SSSR count). The minimum atomic E-state index is -0.239. The fourth-order valence-corrected chi connectivity index (χ4v) is 12.2. The van der Waals surface area contributed by atoms with Gasteiger partial charge in [0.15, 0.2) is 5.58 Å². The van der Waals surface area contributed by atoms with Crippen molar-refractivity contribution in [2.24, 2.45) is 0 Å². The number of aryl methyl sites for hydroxylation is 2. The van der Waals surface area contributed by atoms with E-state index in [9.17, 15) is 0 Å². The zero-order valence-corrected chi connectivity index (χ0v) is 40.8. The van der Waals surface area contributed by atoms with Crippen LogP contribution < -0.4 is 26.2 Å². The predicted molar refractivity (Wildman–Crippen MR) is 289 cm³/mol. The number of benzene rings is 8. The lowest BCUT2D eigenvalue weighted by Gasteiger charge is -2.43. The highest BCUT2D eigenvalue weighted by Crippen LogP contribution is 2.56. The molecule has 0 spiro atoms. The molecule has 4 heterocycles. The van der Waals surface area contributed by atoms with Crippen molar-refractivity contribution in [1.29, 1.82) is 0 Å². The molecule has 0 bridgehead atoms. The van der Waals surface area contributed by atoms with Gasteiger partial charge in [0, 0.05) is 72.5 Å². The average Bonchev–Trinajstić information content (AvgIpc) is 3.95. The molecular weight excluding hydrogens is 826 g/mol. The molecule has 3 aliphatic rings. The summed E-state index contributed by atoms with van der Waals surface area (Å²) in [5.74, 6) is 0. The van der Waals surface area contributed by atoms with Crippen LogP contribution in [0.25, 0.3) is 49.7 Å². The van der Waals surface area contributed by atoms with Gasteiger partial charge in [0.2, 0.25) is 0 Å². The van der Waals surface area contributed by atoms with Crippen LogP contribution in [0.1, 0.15) is 88.9 Å². The first-order valence-electron chi connectivity index (χ1n) is 24.4. The van der Waals surface area contributed by atoms with Crippen molar-refractivity contribution in [1.82, 2.24) is 4.57 Å². The molecule has 0 radical (unpaired) electrons. The van der Waals surface area contributed by atoms with Gasteiger partial charge in [0.25, 0.3) is 6.71 Å². The summed E-state index contributed by atoms with van der Waals surface area (Å²) in [5.41, 5.74) is 25.3. The SMILES string of the molecule is Cc1ccccc1N(c1ccc2c(c1)N(c1cccc3c1oc1ccccc13)c1cc(C(C)(C)C)cc3c1B2c1cc(C(C)(C)C)cc2c4c(n-3c12)C(C)(C)c1ccccc1-4)c1ccccc1C. The van der Waals surface area contributed by atoms with E-state index in [1.807, 2.05) is 0 Å². The zero-order valence-electron chi connectivity index (χ0n) is 40.8. The van der Waals surface area contributed by atoms with E-state index in [4.69, 9.17) is 4.42 Å². The van der Waals surface area contributed by atoms with Gasteiger partial charge in [-0.25, -0.2) is 0 Å². The Morgan fingerprint density at radius 2 is 1.18 bits per heavy atom. The summed E-state index contributed by atoms with van der Waals surface area (Å²) in [6, 6.07) is 59.4. The van der Waals surface area contributed by atoms with Gasteiger partial charge in [0.05, 0.1) is 5.69 Å². The van der Waals surface area contributed by atoms with E-state index < -0.39 is 0 Å². The maximum Gasteiger partial charge on any atom is 0.252 e.